The van der Waals surface area contributed by atoms with Gasteiger partial charge in [0.15, 0.2) is 0 Å². The number of anilines is 1. The highest BCUT2D eigenvalue weighted by Gasteiger charge is 2.59. The summed E-state index contributed by atoms with van der Waals surface area (Å²) in [5, 5.41) is -0.0187. The van der Waals surface area contributed by atoms with Crippen LogP contribution in [0, 0.1) is 29.5 Å². The number of amides is 2. The third-order valence-corrected chi connectivity index (χ3v) is 4.94. The second-order valence-corrected chi connectivity index (χ2v) is 6.02. The number of fused-ring (bicyclic) bond motifs is 5. The maximum Gasteiger partial charge on any atom is 0.238 e. The van der Waals surface area contributed by atoms with Gasteiger partial charge >= 0.3 is 0 Å². The number of hydrogen-bond donors (Lipinski definition) is 0. The van der Waals surface area contributed by atoms with E-state index in [-0.39, 0.29) is 46.2 Å². The SMILES string of the molecule is O=C1[C@@H]2[C@H](C(=O)N1c1ccc(Cl)c(F)c1)[C@@H]1C=C[C@@H]2C1. The van der Waals surface area contributed by atoms with Crippen molar-refractivity contribution in [2.75, 3.05) is 4.90 Å². The Morgan fingerprint density at radius 2 is 1.70 bits per heavy atom. The minimum absolute atomic E-state index is 0.0187. The first kappa shape index (κ1) is 12.1. The van der Waals surface area contributed by atoms with Gasteiger partial charge in [-0.05, 0) is 36.5 Å². The van der Waals surface area contributed by atoms with Crippen LogP contribution in [-0.4, -0.2) is 11.8 Å². The second-order valence-electron chi connectivity index (χ2n) is 5.61. The van der Waals surface area contributed by atoms with Crippen molar-refractivity contribution in [1.29, 1.82) is 0 Å². The van der Waals surface area contributed by atoms with Crippen molar-refractivity contribution in [3.8, 4) is 0 Å². The highest BCUT2D eigenvalue weighted by atomic mass is 35.5. The van der Waals surface area contributed by atoms with Crippen LogP contribution in [0.15, 0.2) is 30.4 Å². The molecule has 4 rings (SSSR count). The molecular formula is C15H11ClFNO2. The minimum atomic E-state index is -0.622. The largest absolute Gasteiger partial charge is 0.274 e. The summed E-state index contributed by atoms with van der Waals surface area (Å²) >= 11 is 5.64. The highest BCUT2D eigenvalue weighted by molar-refractivity contribution is 6.31. The average Bonchev–Trinajstić information content (AvgIpc) is 3.08. The van der Waals surface area contributed by atoms with Gasteiger partial charge < -0.3 is 0 Å². The van der Waals surface area contributed by atoms with E-state index in [1.165, 1.54) is 12.1 Å². The van der Waals surface area contributed by atoms with Crippen molar-refractivity contribution < 1.29 is 14.0 Å². The Morgan fingerprint density at radius 3 is 2.25 bits per heavy atom. The summed E-state index contributed by atoms with van der Waals surface area (Å²) in [7, 11) is 0. The van der Waals surface area contributed by atoms with Gasteiger partial charge in [0.1, 0.15) is 5.82 Å². The molecule has 0 spiro atoms. The molecule has 2 fully saturated rings. The van der Waals surface area contributed by atoms with Gasteiger partial charge in [-0.25, -0.2) is 9.29 Å². The molecule has 1 aliphatic heterocycles. The zero-order valence-corrected chi connectivity index (χ0v) is 11.2. The van der Waals surface area contributed by atoms with E-state index >= 15 is 0 Å². The van der Waals surface area contributed by atoms with Crippen LogP contribution in [-0.2, 0) is 9.59 Å². The molecule has 2 bridgehead atoms. The van der Waals surface area contributed by atoms with Gasteiger partial charge in [-0.1, -0.05) is 23.8 Å². The number of imide groups is 1. The molecule has 0 radical (unpaired) electrons. The van der Waals surface area contributed by atoms with Crippen molar-refractivity contribution in [1.82, 2.24) is 0 Å². The zero-order chi connectivity index (χ0) is 14.0. The van der Waals surface area contributed by atoms with E-state index in [1.54, 1.807) is 0 Å². The summed E-state index contributed by atoms with van der Waals surface area (Å²) < 4.78 is 13.5. The Morgan fingerprint density at radius 1 is 1.10 bits per heavy atom. The fourth-order valence-corrected chi connectivity index (χ4v) is 3.90. The monoisotopic (exact) mass is 291 g/mol. The summed E-state index contributed by atoms with van der Waals surface area (Å²) in [5.74, 6) is -1.26. The summed E-state index contributed by atoms with van der Waals surface area (Å²) in [4.78, 5) is 26.1. The molecule has 0 N–H and O–H groups in total. The van der Waals surface area contributed by atoms with Crippen molar-refractivity contribution in [2.45, 2.75) is 6.42 Å². The van der Waals surface area contributed by atoms with Gasteiger partial charge in [0.05, 0.1) is 22.5 Å². The number of carbonyl (C=O) groups is 2. The molecule has 3 aliphatic rings. The maximum absolute atomic E-state index is 13.5. The van der Waals surface area contributed by atoms with E-state index in [2.05, 4.69) is 0 Å². The predicted molar refractivity (Wildman–Crippen MR) is 71.6 cm³/mol. The van der Waals surface area contributed by atoms with E-state index in [0.717, 1.165) is 17.4 Å². The van der Waals surface area contributed by atoms with E-state index in [9.17, 15) is 14.0 Å². The lowest BCUT2D eigenvalue weighted by atomic mass is 9.85. The fraction of sp³-hybridized carbons (Fsp3) is 0.333. The first-order valence-corrected chi connectivity index (χ1v) is 6.97. The van der Waals surface area contributed by atoms with Gasteiger partial charge in [-0.3, -0.25) is 9.59 Å². The standard InChI is InChI=1S/C15H11ClFNO2/c16-10-4-3-9(6-11(10)17)18-14(19)12-7-1-2-8(5-7)13(12)15(18)20/h1-4,6-8,12-13H,5H2/t7-,8-,12-,13+/m1/s1. The van der Waals surface area contributed by atoms with Gasteiger partial charge in [-0.2, -0.15) is 0 Å². The smallest absolute Gasteiger partial charge is 0.238 e. The Balaban J connectivity index is 1.76. The molecule has 1 saturated heterocycles. The number of rotatable bonds is 1. The lowest BCUT2D eigenvalue weighted by Gasteiger charge is -2.17. The quantitative estimate of drug-likeness (QED) is 0.589. The zero-order valence-electron chi connectivity index (χ0n) is 10.4. The van der Waals surface area contributed by atoms with E-state index < -0.39 is 5.82 Å². The number of nitrogens with zero attached hydrogens (tertiary/aromatic N) is 1. The predicted octanol–water partition coefficient (Wildman–Crippen LogP) is 2.79. The van der Waals surface area contributed by atoms with Gasteiger partial charge in [-0.15, -0.1) is 0 Å². The molecule has 4 atom stereocenters. The molecular weight excluding hydrogens is 281 g/mol. The normalized spacial score (nSPS) is 34.2. The van der Waals surface area contributed by atoms with Crippen molar-refractivity contribution >= 4 is 29.1 Å². The van der Waals surface area contributed by atoms with Crippen LogP contribution in [0.3, 0.4) is 0 Å². The van der Waals surface area contributed by atoms with E-state index in [1.807, 2.05) is 12.2 Å². The van der Waals surface area contributed by atoms with Crippen molar-refractivity contribution in [3.63, 3.8) is 0 Å². The Labute approximate surface area is 120 Å². The molecule has 5 heteroatoms. The van der Waals surface area contributed by atoms with Crippen LogP contribution in [0.25, 0.3) is 0 Å². The van der Waals surface area contributed by atoms with Crippen LogP contribution < -0.4 is 4.90 Å². The lowest BCUT2D eigenvalue weighted by molar-refractivity contribution is -0.123. The van der Waals surface area contributed by atoms with E-state index in [0.29, 0.717) is 0 Å². The fourth-order valence-electron chi connectivity index (χ4n) is 3.78. The van der Waals surface area contributed by atoms with Gasteiger partial charge in [0.2, 0.25) is 11.8 Å². The molecule has 1 saturated carbocycles. The molecule has 2 aliphatic carbocycles. The van der Waals surface area contributed by atoms with E-state index in [4.69, 9.17) is 11.6 Å². The molecule has 102 valence electrons. The number of benzene rings is 1. The van der Waals surface area contributed by atoms with Gasteiger partial charge in [0, 0.05) is 0 Å². The van der Waals surface area contributed by atoms with Crippen molar-refractivity contribution in [3.05, 3.63) is 41.2 Å². The first-order chi connectivity index (χ1) is 9.58. The summed E-state index contributed by atoms with van der Waals surface area (Å²) in [6.45, 7) is 0. The lowest BCUT2D eigenvalue weighted by Crippen LogP contribution is -2.32. The second kappa shape index (κ2) is 3.92. The molecule has 0 aromatic heterocycles. The Bertz CT molecular complexity index is 642. The number of halogens is 2. The average molecular weight is 292 g/mol. The minimum Gasteiger partial charge on any atom is -0.274 e. The van der Waals surface area contributed by atoms with Gasteiger partial charge in [0.25, 0.3) is 0 Å². The molecule has 20 heavy (non-hydrogen) atoms. The molecule has 3 nitrogen and oxygen atoms in total. The van der Waals surface area contributed by atoms with Crippen molar-refractivity contribution in [2.24, 2.45) is 23.7 Å². The summed E-state index contributed by atoms with van der Waals surface area (Å²) in [6, 6.07) is 4.03. The van der Waals surface area contributed by atoms with Crippen LogP contribution >= 0.6 is 11.6 Å². The third-order valence-electron chi connectivity index (χ3n) is 4.63. The van der Waals surface area contributed by atoms with Crippen LogP contribution in [0.2, 0.25) is 5.02 Å². The third kappa shape index (κ3) is 1.40. The molecule has 1 heterocycles. The Hall–Kier alpha value is -1.68. The number of carbonyl (C=O) groups excluding carboxylic acids is 2. The number of hydrogen-bond acceptors (Lipinski definition) is 2. The Kier molecular flexibility index (Phi) is 2.37. The van der Waals surface area contributed by atoms with Crippen LogP contribution in [0.4, 0.5) is 10.1 Å². The molecule has 2 amide bonds. The summed E-state index contributed by atoms with van der Waals surface area (Å²) in [5.41, 5.74) is 0.274. The summed E-state index contributed by atoms with van der Waals surface area (Å²) in [6.07, 6.45) is 4.95. The first-order valence-electron chi connectivity index (χ1n) is 6.59. The molecule has 0 unspecified atom stereocenters. The molecule has 1 aromatic rings. The maximum atomic E-state index is 13.5. The van der Waals surface area contributed by atoms with Crippen LogP contribution in [0.1, 0.15) is 6.42 Å². The van der Waals surface area contributed by atoms with Crippen LogP contribution in [0.5, 0.6) is 0 Å². The molecule has 1 aromatic carbocycles. The number of allylic oxidation sites excluding steroid dienone is 2. The topological polar surface area (TPSA) is 37.4 Å². The highest BCUT2D eigenvalue weighted by Crippen LogP contribution is 2.53.